The number of hydrogen-bond donors (Lipinski definition) is 0. The van der Waals surface area contributed by atoms with E-state index in [2.05, 4.69) is 103 Å². The number of aromatic nitrogens is 3. The predicted octanol–water partition coefficient (Wildman–Crippen LogP) is 10.3. The Balaban J connectivity index is 1.23. The number of nitrogens with zero attached hydrogens (tertiary/aromatic N) is 3. The average molecular weight is 578 g/mol. The third kappa shape index (κ3) is 4.42. The molecule has 0 saturated carbocycles. The van der Waals surface area contributed by atoms with Crippen LogP contribution in [0.25, 0.3) is 73.3 Å². The zero-order valence-electron chi connectivity index (χ0n) is 24.3. The largest absolute Gasteiger partial charge is 0.456 e. The highest BCUT2D eigenvalue weighted by Crippen LogP contribution is 2.41. The maximum absolute atomic E-state index is 6.43. The lowest BCUT2D eigenvalue weighted by atomic mass is 9.77. The van der Waals surface area contributed by atoms with Crippen LogP contribution in [-0.4, -0.2) is 15.0 Å². The van der Waals surface area contributed by atoms with Crippen molar-refractivity contribution in [2.75, 3.05) is 0 Å². The van der Waals surface area contributed by atoms with Crippen molar-refractivity contribution >= 4 is 28.0 Å². The molecule has 2 unspecified atom stereocenters. The maximum atomic E-state index is 6.43. The third-order valence-corrected chi connectivity index (χ3v) is 8.89. The van der Waals surface area contributed by atoms with Crippen LogP contribution in [-0.2, 0) is 0 Å². The molecule has 0 aliphatic heterocycles. The second-order valence-electron chi connectivity index (χ2n) is 11.6. The normalized spacial score (nSPS) is 16.6. The van der Waals surface area contributed by atoms with E-state index in [1.54, 1.807) is 0 Å². The third-order valence-electron chi connectivity index (χ3n) is 8.89. The predicted molar refractivity (Wildman–Crippen MR) is 182 cm³/mol. The van der Waals surface area contributed by atoms with E-state index >= 15 is 0 Å². The van der Waals surface area contributed by atoms with E-state index in [-0.39, 0.29) is 0 Å². The Morgan fingerprint density at radius 1 is 0.511 bits per heavy atom. The fraction of sp³-hybridized carbons (Fsp3) is 0.0488. The van der Waals surface area contributed by atoms with E-state index in [4.69, 9.17) is 19.4 Å². The van der Waals surface area contributed by atoms with E-state index in [9.17, 15) is 0 Å². The van der Waals surface area contributed by atoms with Crippen molar-refractivity contribution in [3.8, 4) is 45.3 Å². The van der Waals surface area contributed by atoms with Crippen LogP contribution >= 0.6 is 0 Å². The van der Waals surface area contributed by atoms with Gasteiger partial charge in [0.05, 0.1) is 0 Å². The minimum atomic E-state index is 0.302. The number of rotatable bonds is 4. The minimum absolute atomic E-state index is 0.302. The molecule has 0 spiro atoms. The first-order valence-corrected chi connectivity index (χ1v) is 15.3. The summed E-state index contributed by atoms with van der Waals surface area (Å²) >= 11 is 0. The van der Waals surface area contributed by atoms with Crippen molar-refractivity contribution in [3.63, 3.8) is 0 Å². The van der Waals surface area contributed by atoms with Crippen LogP contribution in [0.1, 0.15) is 17.0 Å². The molecule has 2 aromatic heterocycles. The summed E-state index contributed by atoms with van der Waals surface area (Å²) in [5, 5.41) is 2.04. The maximum Gasteiger partial charge on any atom is 0.164 e. The first kappa shape index (κ1) is 25.6. The molecule has 45 heavy (non-hydrogen) atoms. The summed E-state index contributed by atoms with van der Waals surface area (Å²) in [4.78, 5) is 15.2. The molecule has 0 saturated heterocycles. The van der Waals surface area contributed by atoms with Gasteiger partial charge in [-0.05, 0) is 46.5 Å². The van der Waals surface area contributed by atoms with Crippen LogP contribution in [0.15, 0.2) is 150 Å². The molecular formula is C41H27N3O. The molecule has 2 heterocycles. The lowest BCUT2D eigenvalue weighted by Gasteiger charge is -2.27. The summed E-state index contributed by atoms with van der Waals surface area (Å²) in [6.45, 7) is 0. The van der Waals surface area contributed by atoms with Crippen LogP contribution in [0.2, 0.25) is 0 Å². The van der Waals surface area contributed by atoms with E-state index in [1.165, 1.54) is 11.1 Å². The molecule has 2 atom stereocenters. The van der Waals surface area contributed by atoms with Crippen molar-refractivity contribution in [3.05, 3.63) is 157 Å². The van der Waals surface area contributed by atoms with Crippen LogP contribution in [0.5, 0.6) is 0 Å². The van der Waals surface area contributed by atoms with E-state index in [0.29, 0.717) is 29.3 Å². The van der Waals surface area contributed by atoms with Crippen molar-refractivity contribution < 1.29 is 4.42 Å². The second-order valence-corrected chi connectivity index (χ2v) is 11.6. The zero-order chi connectivity index (χ0) is 29.7. The van der Waals surface area contributed by atoms with Gasteiger partial charge < -0.3 is 4.42 Å². The van der Waals surface area contributed by atoms with Crippen molar-refractivity contribution in [1.82, 2.24) is 15.0 Å². The molecule has 0 amide bonds. The van der Waals surface area contributed by atoms with Gasteiger partial charge in [-0.15, -0.1) is 0 Å². The Labute approximate surface area is 260 Å². The van der Waals surface area contributed by atoms with Gasteiger partial charge in [0, 0.05) is 39.3 Å². The second kappa shape index (κ2) is 10.4. The van der Waals surface area contributed by atoms with E-state index in [1.807, 2.05) is 48.5 Å². The molecule has 7 aromatic rings. The first-order chi connectivity index (χ1) is 22.3. The highest BCUT2D eigenvalue weighted by atomic mass is 16.3. The van der Waals surface area contributed by atoms with Gasteiger partial charge >= 0.3 is 0 Å². The molecule has 0 radical (unpaired) electrons. The molecule has 212 valence electrons. The number of fused-ring (bicyclic) bond motifs is 6. The Morgan fingerprint density at radius 2 is 1.24 bits per heavy atom. The Morgan fingerprint density at radius 3 is 2.09 bits per heavy atom. The van der Waals surface area contributed by atoms with Crippen LogP contribution in [0.3, 0.4) is 0 Å². The summed E-state index contributed by atoms with van der Waals surface area (Å²) in [5.41, 5.74) is 9.28. The monoisotopic (exact) mass is 577 g/mol. The molecule has 4 heteroatoms. The molecule has 9 rings (SSSR count). The molecular weight excluding hydrogens is 550 g/mol. The standard InChI is InChI=1S/C41H27N3O/c1-3-10-26(11-4-1)30-22-23-33-37(25-30)45-36-17-9-16-34(38(33)36)41-43-39(29-13-5-2-6-14-29)42-40(44-41)31-21-20-28-19-18-27-12-7-8-15-32(27)35(28)24-31/h1-25,27,32H. The molecule has 5 aromatic carbocycles. The number of hydrogen-bond acceptors (Lipinski definition) is 4. The highest BCUT2D eigenvalue weighted by Gasteiger charge is 2.25. The fourth-order valence-electron chi connectivity index (χ4n) is 6.65. The van der Waals surface area contributed by atoms with Gasteiger partial charge in [0.1, 0.15) is 11.2 Å². The van der Waals surface area contributed by atoms with E-state index < -0.39 is 0 Å². The Hall–Kier alpha value is -5.87. The Kier molecular flexibility index (Phi) is 5.91. The lowest BCUT2D eigenvalue weighted by molar-refractivity contribution is 0.669. The molecule has 0 fully saturated rings. The fourth-order valence-corrected chi connectivity index (χ4v) is 6.65. The van der Waals surface area contributed by atoms with Gasteiger partial charge in [-0.3, -0.25) is 0 Å². The van der Waals surface area contributed by atoms with E-state index in [0.717, 1.165) is 49.8 Å². The molecule has 2 aliphatic carbocycles. The topological polar surface area (TPSA) is 51.8 Å². The summed E-state index contributed by atoms with van der Waals surface area (Å²) in [5.74, 6) is 2.58. The van der Waals surface area contributed by atoms with Gasteiger partial charge in [0.2, 0.25) is 0 Å². The summed E-state index contributed by atoms with van der Waals surface area (Å²) in [6, 6.07) is 39.6. The Bertz CT molecular complexity index is 2330. The van der Waals surface area contributed by atoms with Crippen LogP contribution < -0.4 is 0 Å². The molecule has 4 nitrogen and oxygen atoms in total. The van der Waals surface area contributed by atoms with Crippen LogP contribution in [0.4, 0.5) is 0 Å². The number of benzene rings is 5. The number of allylic oxidation sites excluding steroid dienone is 5. The van der Waals surface area contributed by atoms with Crippen molar-refractivity contribution in [2.24, 2.45) is 5.92 Å². The van der Waals surface area contributed by atoms with Gasteiger partial charge in [0.25, 0.3) is 0 Å². The van der Waals surface area contributed by atoms with Crippen molar-refractivity contribution in [1.29, 1.82) is 0 Å². The lowest BCUT2D eigenvalue weighted by Crippen LogP contribution is -2.13. The van der Waals surface area contributed by atoms with Gasteiger partial charge in [0.15, 0.2) is 17.5 Å². The zero-order valence-corrected chi connectivity index (χ0v) is 24.3. The highest BCUT2D eigenvalue weighted by molar-refractivity contribution is 6.12. The van der Waals surface area contributed by atoms with Gasteiger partial charge in [-0.25, -0.2) is 15.0 Å². The molecule has 0 N–H and O–H groups in total. The van der Waals surface area contributed by atoms with Crippen LogP contribution in [0, 0.1) is 5.92 Å². The SMILES string of the molecule is C1=CC2C=Cc3ccc(-c4nc(-c5ccccc5)nc(-c5cccc6oc7cc(-c8ccccc8)ccc7c56)n4)cc3C2C=C1. The van der Waals surface area contributed by atoms with Crippen molar-refractivity contribution in [2.45, 2.75) is 5.92 Å². The number of furan rings is 1. The summed E-state index contributed by atoms with van der Waals surface area (Å²) < 4.78 is 6.43. The van der Waals surface area contributed by atoms with Gasteiger partial charge in [-0.2, -0.15) is 0 Å². The summed E-state index contributed by atoms with van der Waals surface area (Å²) in [7, 11) is 0. The first-order valence-electron chi connectivity index (χ1n) is 15.3. The molecule has 0 bridgehead atoms. The molecule has 2 aliphatic rings. The van der Waals surface area contributed by atoms with Gasteiger partial charge in [-0.1, -0.05) is 127 Å². The smallest absolute Gasteiger partial charge is 0.164 e. The quantitative estimate of drug-likeness (QED) is 0.209. The minimum Gasteiger partial charge on any atom is -0.456 e. The average Bonchev–Trinajstić information content (AvgIpc) is 3.50. The summed E-state index contributed by atoms with van der Waals surface area (Å²) in [6.07, 6.45) is 13.4.